The van der Waals surface area contributed by atoms with Crippen LogP contribution in [-0.2, 0) is 9.53 Å². The number of carbonyl (C=O) groups excluding carboxylic acids is 1. The van der Waals surface area contributed by atoms with Gasteiger partial charge in [-0.1, -0.05) is 18.2 Å². The van der Waals surface area contributed by atoms with Crippen LogP contribution in [0.1, 0.15) is 59.3 Å². The van der Waals surface area contributed by atoms with Gasteiger partial charge in [-0.05, 0) is 58.4 Å². The Morgan fingerprint density at radius 2 is 2.04 bits per heavy atom. The van der Waals surface area contributed by atoms with E-state index >= 15 is 0 Å². The summed E-state index contributed by atoms with van der Waals surface area (Å²) < 4.78 is 6.33. The zero-order valence-corrected chi connectivity index (χ0v) is 14.9. The van der Waals surface area contributed by atoms with Gasteiger partial charge in [0.05, 0.1) is 17.6 Å². The first-order chi connectivity index (χ1) is 11.2. The smallest absolute Gasteiger partial charge is 0.162 e. The fourth-order valence-electron chi connectivity index (χ4n) is 4.18. The molecule has 4 nitrogen and oxygen atoms in total. The number of aliphatic hydroxyl groups excluding tert-OH is 1. The molecule has 4 atom stereocenters. The molecule has 0 amide bonds. The molecule has 0 aromatic carbocycles. The molecule has 4 heteroatoms. The molecule has 2 aliphatic heterocycles. The van der Waals surface area contributed by atoms with Crippen LogP contribution in [0.5, 0.6) is 0 Å². The van der Waals surface area contributed by atoms with Gasteiger partial charge in [0.2, 0.25) is 0 Å². The highest BCUT2D eigenvalue weighted by atomic mass is 16.5. The van der Waals surface area contributed by atoms with Gasteiger partial charge in [-0.3, -0.25) is 4.79 Å². The molecular weight excluding hydrogens is 304 g/mol. The van der Waals surface area contributed by atoms with E-state index in [0.717, 1.165) is 12.0 Å². The van der Waals surface area contributed by atoms with E-state index in [-0.39, 0.29) is 5.78 Å². The summed E-state index contributed by atoms with van der Waals surface area (Å²) in [7, 11) is 0. The molecule has 0 radical (unpaired) electrons. The fraction of sp³-hybridized carbons (Fsp3) is 0.650. The van der Waals surface area contributed by atoms with Crippen LogP contribution >= 0.6 is 0 Å². The maximum atomic E-state index is 12.6. The first-order valence-electron chi connectivity index (χ1n) is 8.86. The Hall–Kier alpha value is -1.39. The molecule has 0 spiro atoms. The van der Waals surface area contributed by atoms with E-state index in [2.05, 4.69) is 6.58 Å². The second-order valence-electron chi connectivity index (χ2n) is 7.93. The molecule has 0 aromatic heterocycles. The van der Waals surface area contributed by atoms with Gasteiger partial charge in [-0.2, -0.15) is 0 Å². The van der Waals surface area contributed by atoms with E-state index in [1.807, 2.05) is 26.8 Å². The molecule has 0 fully saturated rings. The quantitative estimate of drug-likeness (QED) is 0.724. The fourth-order valence-corrected chi connectivity index (χ4v) is 4.18. The normalized spacial score (nSPS) is 39.9. The van der Waals surface area contributed by atoms with Crippen molar-refractivity contribution in [1.29, 1.82) is 0 Å². The van der Waals surface area contributed by atoms with Crippen molar-refractivity contribution in [2.75, 3.05) is 0 Å². The van der Waals surface area contributed by atoms with Gasteiger partial charge < -0.3 is 14.9 Å². The summed E-state index contributed by atoms with van der Waals surface area (Å²) in [6, 6.07) is 0. The largest absolute Gasteiger partial charge is 0.488 e. The Bertz CT molecular complexity index is 644. The lowest BCUT2D eigenvalue weighted by Gasteiger charge is -2.43. The van der Waals surface area contributed by atoms with Gasteiger partial charge in [-0.15, -0.1) is 0 Å². The van der Waals surface area contributed by atoms with Crippen LogP contribution in [0.4, 0.5) is 0 Å². The van der Waals surface area contributed by atoms with Crippen LogP contribution in [0.25, 0.3) is 0 Å². The number of Topliss-reactive ketones (excluding diaryl/α,β-unsaturated/α-hetero) is 1. The Balaban J connectivity index is 2.21. The average Bonchev–Trinajstić information content (AvgIpc) is 2.62. The highest BCUT2D eigenvalue weighted by molar-refractivity contribution is 5.96. The molecule has 132 valence electrons. The van der Waals surface area contributed by atoms with E-state index in [1.54, 1.807) is 0 Å². The van der Waals surface area contributed by atoms with Crippen molar-refractivity contribution in [1.82, 2.24) is 0 Å². The van der Waals surface area contributed by atoms with Gasteiger partial charge in [-0.25, -0.2) is 0 Å². The number of hydrogen-bond donors (Lipinski definition) is 2. The Morgan fingerprint density at radius 1 is 1.33 bits per heavy atom. The highest BCUT2D eigenvalue weighted by Gasteiger charge is 2.50. The first kappa shape index (κ1) is 17.4. The van der Waals surface area contributed by atoms with E-state index in [0.29, 0.717) is 49.0 Å². The van der Waals surface area contributed by atoms with Gasteiger partial charge >= 0.3 is 0 Å². The van der Waals surface area contributed by atoms with Crippen molar-refractivity contribution < 1.29 is 19.7 Å². The van der Waals surface area contributed by atoms with Gasteiger partial charge in [0, 0.05) is 12.0 Å². The molecule has 4 unspecified atom stereocenters. The second-order valence-corrected chi connectivity index (χ2v) is 7.93. The number of allylic oxidation sites excluding steroid dienone is 2. The van der Waals surface area contributed by atoms with Crippen molar-refractivity contribution in [3.63, 3.8) is 0 Å². The van der Waals surface area contributed by atoms with Crippen LogP contribution in [0.15, 0.2) is 35.1 Å². The second kappa shape index (κ2) is 5.85. The summed E-state index contributed by atoms with van der Waals surface area (Å²) in [4.78, 5) is 12.6. The zero-order chi connectivity index (χ0) is 17.7. The topological polar surface area (TPSA) is 66.8 Å². The third kappa shape index (κ3) is 2.66. The Labute approximate surface area is 143 Å². The zero-order valence-electron chi connectivity index (χ0n) is 14.9. The summed E-state index contributed by atoms with van der Waals surface area (Å²) in [5.41, 5.74) is 0.563. The summed E-state index contributed by atoms with van der Waals surface area (Å²) in [5.74, 6) is 0.226. The van der Waals surface area contributed by atoms with Crippen LogP contribution in [0.3, 0.4) is 0 Å². The lowest BCUT2D eigenvalue weighted by Crippen LogP contribution is -2.46. The lowest BCUT2D eigenvalue weighted by atomic mass is 9.70. The molecule has 0 saturated heterocycles. The molecular formula is C20H28O4. The van der Waals surface area contributed by atoms with Gasteiger partial charge in [0.1, 0.15) is 11.4 Å². The molecule has 0 aromatic rings. The minimum absolute atomic E-state index is 0.0846. The summed E-state index contributed by atoms with van der Waals surface area (Å²) >= 11 is 0. The monoisotopic (exact) mass is 332 g/mol. The minimum atomic E-state index is -1.11. The van der Waals surface area contributed by atoms with Crippen molar-refractivity contribution in [3.05, 3.63) is 35.1 Å². The molecule has 24 heavy (non-hydrogen) atoms. The van der Waals surface area contributed by atoms with E-state index in [4.69, 9.17) is 4.74 Å². The number of fused-ring (bicyclic) bond motifs is 1. The predicted molar refractivity (Wildman–Crippen MR) is 92.2 cm³/mol. The SMILES string of the molecule is C=C(C)C1(O)CCC2=C3OC(C)(CCC2=O)C(O)CCC(C)=CC31. The van der Waals surface area contributed by atoms with Crippen LogP contribution in [0.2, 0.25) is 0 Å². The third-order valence-electron chi connectivity index (χ3n) is 6.09. The number of ether oxygens (including phenoxy) is 1. The van der Waals surface area contributed by atoms with Gasteiger partial charge in [0.25, 0.3) is 0 Å². The van der Waals surface area contributed by atoms with Crippen LogP contribution in [0, 0.1) is 5.92 Å². The number of aliphatic hydroxyl groups is 2. The van der Waals surface area contributed by atoms with Crippen LogP contribution in [-0.4, -0.2) is 33.3 Å². The van der Waals surface area contributed by atoms with Crippen molar-refractivity contribution in [3.8, 4) is 0 Å². The average molecular weight is 332 g/mol. The predicted octanol–water partition coefficient (Wildman–Crippen LogP) is 3.20. The lowest BCUT2D eigenvalue weighted by molar-refractivity contribution is -0.117. The third-order valence-corrected chi connectivity index (χ3v) is 6.09. The molecule has 1 aliphatic carbocycles. The highest BCUT2D eigenvalue weighted by Crippen LogP contribution is 2.48. The summed E-state index contributed by atoms with van der Waals surface area (Å²) in [5, 5.41) is 22.0. The molecule has 3 rings (SSSR count). The van der Waals surface area contributed by atoms with E-state index in [9.17, 15) is 15.0 Å². The minimum Gasteiger partial charge on any atom is -0.488 e. The number of rotatable bonds is 1. The number of hydrogen-bond acceptors (Lipinski definition) is 4. The Morgan fingerprint density at radius 3 is 2.71 bits per heavy atom. The maximum absolute atomic E-state index is 12.6. The van der Waals surface area contributed by atoms with Crippen molar-refractivity contribution >= 4 is 5.78 Å². The summed E-state index contributed by atoms with van der Waals surface area (Å²) in [6.07, 6.45) is 4.56. The van der Waals surface area contributed by atoms with E-state index < -0.39 is 23.2 Å². The number of carbonyl (C=O) groups is 1. The molecule has 2 bridgehead atoms. The molecule has 2 N–H and O–H groups in total. The standard InChI is InChI=1S/C20H28O4/c1-12(2)20(23)10-7-14-16(21)8-9-19(4)17(22)6-5-13(3)11-15(20)18(14)24-19/h11,15,17,22-23H,1,5-10H2,2-4H3. The van der Waals surface area contributed by atoms with Crippen molar-refractivity contribution in [2.45, 2.75) is 76.6 Å². The molecule has 0 saturated carbocycles. The van der Waals surface area contributed by atoms with Gasteiger partial charge in [0.15, 0.2) is 5.78 Å². The van der Waals surface area contributed by atoms with Crippen LogP contribution < -0.4 is 0 Å². The Kier molecular flexibility index (Phi) is 4.25. The molecule has 2 heterocycles. The van der Waals surface area contributed by atoms with Crippen molar-refractivity contribution in [2.24, 2.45) is 5.92 Å². The van der Waals surface area contributed by atoms with E-state index in [1.165, 1.54) is 0 Å². The molecule has 3 aliphatic rings. The summed E-state index contributed by atoms with van der Waals surface area (Å²) in [6.45, 7) is 9.71. The maximum Gasteiger partial charge on any atom is 0.162 e. The first-order valence-corrected chi connectivity index (χ1v) is 8.86. The number of ketones is 1.